The van der Waals surface area contributed by atoms with E-state index in [4.69, 9.17) is 4.74 Å². The van der Waals surface area contributed by atoms with Gasteiger partial charge in [-0.3, -0.25) is 9.89 Å². The second-order valence-electron chi connectivity index (χ2n) is 6.61. The van der Waals surface area contributed by atoms with Crippen LogP contribution in [0.2, 0.25) is 0 Å². The topological polar surface area (TPSA) is 71.1 Å². The van der Waals surface area contributed by atoms with Gasteiger partial charge in [0.2, 0.25) is 0 Å². The van der Waals surface area contributed by atoms with Gasteiger partial charge in [0, 0.05) is 12.1 Å². The van der Waals surface area contributed by atoms with Crippen molar-refractivity contribution in [3.05, 3.63) is 66.5 Å². The number of carbonyl (C=O) groups is 1. The molecule has 0 saturated carbocycles. The SMILES string of the molecule is O=C(COc1ccccc1)N1CCCCC1c1nc(-c2ccccc2)n[nH]1. The maximum atomic E-state index is 12.8. The van der Waals surface area contributed by atoms with Gasteiger partial charge in [-0.1, -0.05) is 48.5 Å². The molecule has 1 aromatic heterocycles. The van der Waals surface area contributed by atoms with E-state index < -0.39 is 0 Å². The van der Waals surface area contributed by atoms with Crippen LogP contribution in [-0.2, 0) is 4.79 Å². The van der Waals surface area contributed by atoms with Gasteiger partial charge in [0.1, 0.15) is 11.6 Å². The summed E-state index contributed by atoms with van der Waals surface area (Å²) in [5.74, 6) is 2.07. The lowest BCUT2D eigenvalue weighted by Gasteiger charge is -2.34. The van der Waals surface area contributed by atoms with Crippen LogP contribution in [0.4, 0.5) is 0 Å². The van der Waals surface area contributed by atoms with Crippen molar-refractivity contribution >= 4 is 5.91 Å². The molecular formula is C21H22N4O2. The predicted octanol–water partition coefficient (Wildman–Crippen LogP) is 3.60. The van der Waals surface area contributed by atoms with Gasteiger partial charge in [-0.05, 0) is 31.4 Å². The number of likely N-dealkylation sites (tertiary alicyclic amines) is 1. The number of aromatic nitrogens is 3. The number of hydrogen-bond acceptors (Lipinski definition) is 4. The summed E-state index contributed by atoms with van der Waals surface area (Å²) >= 11 is 0. The summed E-state index contributed by atoms with van der Waals surface area (Å²) in [4.78, 5) is 19.3. The molecule has 1 aliphatic heterocycles. The molecule has 1 atom stereocenters. The number of nitrogens with one attached hydrogen (secondary N) is 1. The lowest BCUT2D eigenvalue weighted by Crippen LogP contribution is -2.41. The summed E-state index contributed by atoms with van der Waals surface area (Å²) in [6.07, 6.45) is 2.93. The third kappa shape index (κ3) is 4.00. The van der Waals surface area contributed by atoms with E-state index in [1.807, 2.05) is 65.6 Å². The number of ether oxygens (including phenoxy) is 1. The Bertz CT molecular complexity index is 879. The van der Waals surface area contributed by atoms with Crippen LogP contribution in [0.5, 0.6) is 5.75 Å². The molecule has 2 aromatic carbocycles. The lowest BCUT2D eigenvalue weighted by molar-refractivity contribution is -0.137. The van der Waals surface area contributed by atoms with E-state index in [0.717, 1.165) is 30.7 Å². The van der Waals surface area contributed by atoms with Crippen molar-refractivity contribution in [3.8, 4) is 17.1 Å². The van der Waals surface area contributed by atoms with Gasteiger partial charge in [0.05, 0.1) is 6.04 Å². The monoisotopic (exact) mass is 362 g/mol. The molecule has 1 N–H and O–H groups in total. The summed E-state index contributed by atoms with van der Waals surface area (Å²) in [6.45, 7) is 0.739. The minimum absolute atomic E-state index is 0.0267. The van der Waals surface area contributed by atoms with Crippen molar-refractivity contribution in [2.45, 2.75) is 25.3 Å². The zero-order chi connectivity index (χ0) is 18.5. The van der Waals surface area contributed by atoms with Crippen LogP contribution < -0.4 is 4.74 Å². The van der Waals surface area contributed by atoms with E-state index in [9.17, 15) is 4.79 Å². The molecule has 4 rings (SSSR count). The Morgan fingerprint density at radius 1 is 1.07 bits per heavy atom. The van der Waals surface area contributed by atoms with E-state index in [1.165, 1.54) is 0 Å². The summed E-state index contributed by atoms with van der Waals surface area (Å²) in [5, 5.41) is 7.38. The summed E-state index contributed by atoms with van der Waals surface area (Å²) < 4.78 is 5.64. The highest BCUT2D eigenvalue weighted by Crippen LogP contribution is 2.30. The first kappa shape index (κ1) is 17.3. The normalized spacial score (nSPS) is 16.9. The van der Waals surface area contributed by atoms with Gasteiger partial charge in [-0.15, -0.1) is 0 Å². The Kier molecular flexibility index (Phi) is 5.14. The number of hydrogen-bond donors (Lipinski definition) is 1. The predicted molar refractivity (Wildman–Crippen MR) is 102 cm³/mol. The largest absolute Gasteiger partial charge is 0.484 e. The lowest BCUT2D eigenvalue weighted by atomic mass is 10.0. The Balaban J connectivity index is 1.47. The second kappa shape index (κ2) is 8.03. The first-order valence-corrected chi connectivity index (χ1v) is 9.26. The molecule has 1 fully saturated rings. The fraction of sp³-hybridized carbons (Fsp3) is 0.286. The summed E-state index contributed by atoms with van der Waals surface area (Å²) in [5.41, 5.74) is 0.959. The van der Waals surface area contributed by atoms with E-state index in [0.29, 0.717) is 18.1 Å². The van der Waals surface area contributed by atoms with Crippen LogP contribution in [0, 0.1) is 0 Å². The number of amides is 1. The standard InChI is InChI=1S/C21H22N4O2/c26-19(15-27-17-11-5-2-6-12-17)25-14-8-7-13-18(25)21-22-20(23-24-21)16-9-3-1-4-10-16/h1-6,9-12,18H,7-8,13-15H2,(H,22,23,24). The minimum Gasteiger partial charge on any atom is -0.484 e. The number of rotatable bonds is 5. The van der Waals surface area contributed by atoms with Gasteiger partial charge in [-0.2, -0.15) is 5.10 Å². The van der Waals surface area contributed by atoms with E-state index in [-0.39, 0.29) is 18.6 Å². The highest BCUT2D eigenvalue weighted by molar-refractivity contribution is 5.78. The third-order valence-corrected chi connectivity index (χ3v) is 4.78. The van der Waals surface area contributed by atoms with Crippen LogP contribution in [0.3, 0.4) is 0 Å². The molecule has 27 heavy (non-hydrogen) atoms. The molecule has 138 valence electrons. The molecule has 0 radical (unpaired) electrons. The maximum absolute atomic E-state index is 12.8. The molecule has 3 aromatic rings. The molecule has 1 saturated heterocycles. The van der Waals surface area contributed by atoms with E-state index in [1.54, 1.807) is 0 Å². The number of piperidine rings is 1. The fourth-order valence-corrected chi connectivity index (χ4v) is 3.40. The van der Waals surface area contributed by atoms with Crippen LogP contribution in [-0.4, -0.2) is 39.1 Å². The molecule has 0 spiro atoms. The Morgan fingerprint density at radius 3 is 2.59 bits per heavy atom. The molecule has 1 amide bonds. The Hall–Kier alpha value is -3.15. The van der Waals surface area contributed by atoms with Crippen molar-refractivity contribution in [2.24, 2.45) is 0 Å². The van der Waals surface area contributed by atoms with Crippen molar-refractivity contribution in [3.63, 3.8) is 0 Å². The molecule has 6 nitrogen and oxygen atoms in total. The van der Waals surface area contributed by atoms with Gasteiger partial charge in [0.25, 0.3) is 5.91 Å². The van der Waals surface area contributed by atoms with Crippen LogP contribution in [0.15, 0.2) is 60.7 Å². The third-order valence-electron chi connectivity index (χ3n) is 4.78. The molecule has 1 aliphatic rings. The van der Waals surface area contributed by atoms with Crippen molar-refractivity contribution in [1.29, 1.82) is 0 Å². The van der Waals surface area contributed by atoms with Crippen molar-refractivity contribution in [2.75, 3.05) is 13.2 Å². The molecule has 1 unspecified atom stereocenters. The first-order chi connectivity index (χ1) is 13.3. The molecular weight excluding hydrogens is 340 g/mol. The highest BCUT2D eigenvalue weighted by Gasteiger charge is 2.30. The van der Waals surface area contributed by atoms with Gasteiger partial charge in [0.15, 0.2) is 12.4 Å². The fourth-order valence-electron chi connectivity index (χ4n) is 3.40. The second-order valence-corrected chi connectivity index (χ2v) is 6.61. The van der Waals surface area contributed by atoms with Crippen molar-refractivity contribution < 1.29 is 9.53 Å². The minimum atomic E-state index is -0.0874. The van der Waals surface area contributed by atoms with Crippen molar-refractivity contribution in [1.82, 2.24) is 20.1 Å². The average Bonchev–Trinajstić information content (AvgIpc) is 3.23. The van der Waals surface area contributed by atoms with E-state index in [2.05, 4.69) is 15.2 Å². The number of H-pyrrole nitrogens is 1. The highest BCUT2D eigenvalue weighted by atomic mass is 16.5. The van der Waals surface area contributed by atoms with Crippen LogP contribution in [0.1, 0.15) is 31.1 Å². The molecule has 0 aliphatic carbocycles. The van der Waals surface area contributed by atoms with E-state index >= 15 is 0 Å². The molecule has 2 heterocycles. The number of carbonyl (C=O) groups excluding carboxylic acids is 1. The van der Waals surface area contributed by atoms with Gasteiger partial charge < -0.3 is 9.64 Å². The molecule has 0 bridgehead atoms. The smallest absolute Gasteiger partial charge is 0.261 e. The zero-order valence-corrected chi connectivity index (χ0v) is 15.0. The van der Waals surface area contributed by atoms with Gasteiger partial charge in [-0.25, -0.2) is 4.98 Å². The zero-order valence-electron chi connectivity index (χ0n) is 15.0. The average molecular weight is 362 g/mol. The first-order valence-electron chi connectivity index (χ1n) is 9.26. The number of benzene rings is 2. The number of aromatic amines is 1. The van der Waals surface area contributed by atoms with Gasteiger partial charge >= 0.3 is 0 Å². The maximum Gasteiger partial charge on any atom is 0.261 e. The number of nitrogens with zero attached hydrogens (tertiary/aromatic N) is 3. The quantitative estimate of drug-likeness (QED) is 0.753. The Labute approximate surface area is 158 Å². The number of para-hydroxylation sites is 1. The Morgan fingerprint density at radius 2 is 1.81 bits per heavy atom. The van der Waals surface area contributed by atoms with Crippen LogP contribution in [0.25, 0.3) is 11.4 Å². The summed E-state index contributed by atoms with van der Waals surface area (Å²) in [7, 11) is 0. The molecule has 6 heteroatoms. The van der Waals surface area contributed by atoms with Crippen LogP contribution >= 0.6 is 0 Å². The summed E-state index contributed by atoms with van der Waals surface area (Å²) in [6, 6.07) is 19.2.